The average Bonchev–Trinajstić information content (AvgIpc) is 2.62. The van der Waals surface area contributed by atoms with Crippen LogP contribution in [0.1, 0.15) is 90.9 Å². The number of rotatable bonds is 10. The molecule has 0 aromatic rings. The van der Waals surface area contributed by atoms with Crippen molar-refractivity contribution in [3.8, 4) is 0 Å². The summed E-state index contributed by atoms with van der Waals surface area (Å²) in [4.78, 5) is 10.1. The van der Waals surface area contributed by atoms with Crippen LogP contribution in [0, 0.1) is 0 Å². The van der Waals surface area contributed by atoms with E-state index in [1.807, 2.05) is 13.8 Å². The summed E-state index contributed by atoms with van der Waals surface area (Å²) in [6.07, 6.45) is 10.8. The van der Waals surface area contributed by atoms with E-state index in [-0.39, 0.29) is 12.2 Å². The molecule has 2 unspecified atom stereocenters. The number of hydrogen-bond donors (Lipinski definition) is 1. The average molecular weight is 378 g/mol. The zero-order valence-corrected chi connectivity index (χ0v) is 16.6. The maximum absolute atomic E-state index is 12.4. The van der Waals surface area contributed by atoms with E-state index in [1.54, 1.807) is 0 Å². The molecule has 7 heteroatoms. The van der Waals surface area contributed by atoms with E-state index in [4.69, 9.17) is 18.5 Å². The van der Waals surface area contributed by atoms with Gasteiger partial charge in [-0.1, -0.05) is 52.4 Å². The van der Waals surface area contributed by atoms with Crippen molar-refractivity contribution in [2.24, 2.45) is 0 Å². The van der Waals surface area contributed by atoms with E-state index < -0.39 is 20.4 Å². The molecule has 0 spiro atoms. The molecular formula is C18H35O6P. The first-order valence-corrected chi connectivity index (χ1v) is 11.5. The highest BCUT2D eigenvalue weighted by atomic mass is 31.2. The summed E-state index contributed by atoms with van der Waals surface area (Å²) in [7, 11) is -4.22. The molecule has 25 heavy (non-hydrogen) atoms. The number of phosphoric ester groups is 1. The van der Waals surface area contributed by atoms with Gasteiger partial charge in [0.25, 0.3) is 0 Å². The third-order valence-corrected chi connectivity index (χ3v) is 5.96. The van der Waals surface area contributed by atoms with Crippen LogP contribution in [-0.2, 0) is 23.1 Å². The summed E-state index contributed by atoms with van der Waals surface area (Å²) < 4.78 is 34.7. The normalized spacial score (nSPS) is 25.4. The monoisotopic (exact) mass is 378 g/mol. The van der Waals surface area contributed by atoms with E-state index in [0.29, 0.717) is 12.8 Å². The van der Waals surface area contributed by atoms with Gasteiger partial charge < -0.3 is 14.4 Å². The molecule has 2 aliphatic carbocycles. The van der Waals surface area contributed by atoms with Crippen LogP contribution in [0.15, 0.2) is 0 Å². The Hall–Kier alpha value is 0.0300. The highest BCUT2D eigenvalue weighted by molar-refractivity contribution is 7.47. The lowest BCUT2D eigenvalue weighted by Crippen LogP contribution is -2.28. The Labute approximate surface area is 152 Å². The second kappa shape index (κ2) is 11.0. The van der Waals surface area contributed by atoms with Crippen molar-refractivity contribution in [3.05, 3.63) is 0 Å². The zero-order valence-electron chi connectivity index (χ0n) is 15.7. The van der Waals surface area contributed by atoms with Crippen molar-refractivity contribution in [2.45, 2.75) is 116 Å². The topological polar surface area (TPSA) is 74.2 Å². The molecule has 0 bridgehead atoms. The second-order valence-electron chi connectivity index (χ2n) is 7.15. The lowest BCUT2D eigenvalue weighted by molar-refractivity contribution is -0.167. The van der Waals surface area contributed by atoms with E-state index in [2.05, 4.69) is 0 Å². The molecule has 0 aliphatic heterocycles. The smallest absolute Gasteiger partial charge is 0.349 e. The van der Waals surface area contributed by atoms with Crippen molar-refractivity contribution in [2.75, 3.05) is 0 Å². The van der Waals surface area contributed by atoms with Gasteiger partial charge in [-0.05, 0) is 38.5 Å². The molecule has 148 valence electrons. The van der Waals surface area contributed by atoms with Crippen molar-refractivity contribution >= 4 is 7.82 Å². The first-order valence-electron chi connectivity index (χ1n) is 10.0. The maximum atomic E-state index is 12.4. The standard InChI is InChI=1S/C18H35O6P/c1-3-17(21-15-11-7-5-8-12-15)23-25(19,20)24-18(4-2)22-16-13-9-6-10-14-16/h15-18H,3-14H2,1-2H3,(H,19,20). The number of ether oxygens (including phenoxy) is 2. The minimum absolute atomic E-state index is 0.110. The van der Waals surface area contributed by atoms with Gasteiger partial charge in [0.2, 0.25) is 0 Å². The molecule has 2 rings (SSSR count). The Bertz CT molecular complexity index is 372. The molecular weight excluding hydrogens is 343 g/mol. The van der Waals surface area contributed by atoms with Gasteiger partial charge >= 0.3 is 7.82 Å². The van der Waals surface area contributed by atoms with Crippen LogP contribution in [-0.4, -0.2) is 29.7 Å². The van der Waals surface area contributed by atoms with Crippen LogP contribution in [0.25, 0.3) is 0 Å². The van der Waals surface area contributed by atoms with Crippen LogP contribution in [0.4, 0.5) is 0 Å². The van der Waals surface area contributed by atoms with Crippen molar-refractivity contribution < 1.29 is 28.0 Å². The third kappa shape index (κ3) is 8.06. The minimum atomic E-state index is -4.22. The third-order valence-electron chi connectivity index (χ3n) is 4.96. The van der Waals surface area contributed by atoms with E-state index >= 15 is 0 Å². The van der Waals surface area contributed by atoms with E-state index in [1.165, 1.54) is 12.8 Å². The number of phosphoric acid groups is 1. The fraction of sp³-hybridized carbons (Fsp3) is 1.00. The lowest BCUT2D eigenvalue weighted by Gasteiger charge is -2.30. The molecule has 1 N–H and O–H groups in total. The van der Waals surface area contributed by atoms with Crippen LogP contribution in [0.2, 0.25) is 0 Å². The summed E-state index contributed by atoms with van der Waals surface area (Å²) >= 11 is 0. The SMILES string of the molecule is CCC(OC1CCCCC1)OP(=O)(O)OC(CC)OC1CCCCC1. The van der Waals surface area contributed by atoms with Gasteiger partial charge in [0.05, 0.1) is 12.2 Å². The predicted octanol–water partition coefficient (Wildman–Crippen LogP) is 5.29. The molecule has 0 heterocycles. The fourth-order valence-corrected chi connectivity index (χ4v) is 4.59. The van der Waals surface area contributed by atoms with Crippen LogP contribution < -0.4 is 0 Å². The Morgan fingerprint density at radius 3 is 1.48 bits per heavy atom. The Kier molecular flexibility index (Phi) is 9.39. The summed E-state index contributed by atoms with van der Waals surface area (Å²) in [5.74, 6) is 0. The molecule has 0 radical (unpaired) electrons. The number of hydrogen-bond acceptors (Lipinski definition) is 5. The minimum Gasteiger partial charge on any atom is -0.349 e. The van der Waals surface area contributed by atoms with Gasteiger partial charge in [0, 0.05) is 0 Å². The van der Waals surface area contributed by atoms with Crippen molar-refractivity contribution in [3.63, 3.8) is 0 Å². The molecule has 0 aromatic carbocycles. The Balaban J connectivity index is 1.81. The largest absolute Gasteiger partial charge is 0.476 e. The van der Waals surface area contributed by atoms with E-state index in [0.717, 1.165) is 51.4 Å². The van der Waals surface area contributed by atoms with Gasteiger partial charge in [-0.25, -0.2) is 4.57 Å². The Morgan fingerprint density at radius 2 is 1.16 bits per heavy atom. The Morgan fingerprint density at radius 1 is 0.800 bits per heavy atom. The zero-order chi connectivity index (χ0) is 18.1. The first-order chi connectivity index (χ1) is 12.0. The molecule has 2 fully saturated rings. The molecule has 0 saturated heterocycles. The molecule has 0 amide bonds. The molecule has 2 saturated carbocycles. The molecule has 2 atom stereocenters. The van der Waals surface area contributed by atoms with Crippen molar-refractivity contribution in [1.29, 1.82) is 0 Å². The first kappa shape index (κ1) is 21.3. The highest BCUT2D eigenvalue weighted by Crippen LogP contribution is 2.47. The summed E-state index contributed by atoms with van der Waals surface area (Å²) in [6.45, 7) is 3.76. The van der Waals surface area contributed by atoms with Gasteiger partial charge in [0.15, 0.2) is 12.6 Å². The van der Waals surface area contributed by atoms with Gasteiger partial charge in [-0.15, -0.1) is 0 Å². The quantitative estimate of drug-likeness (QED) is 0.411. The highest BCUT2D eigenvalue weighted by Gasteiger charge is 2.32. The van der Waals surface area contributed by atoms with Gasteiger partial charge in [-0.3, -0.25) is 9.05 Å². The van der Waals surface area contributed by atoms with E-state index in [9.17, 15) is 9.46 Å². The molecule has 6 nitrogen and oxygen atoms in total. The molecule has 0 aromatic heterocycles. The summed E-state index contributed by atoms with van der Waals surface area (Å²) in [5, 5.41) is 0. The maximum Gasteiger partial charge on any atom is 0.476 e. The van der Waals surface area contributed by atoms with Gasteiger partial charge in [0.1, 0.15) is 0 Å². The summed E-state index contributed by atoms with van der Waals surface area (Å²) in [5.41, 5.74) is 0. The second-order valence-corrected chi connectivity index (χ2v) is 8.51. The fourth-order valence-electron chi connectivity index (χ4n) is 3.54. The van der Waals surface area contributed by atoms with Crippen molar-refractivity contribution in [1.82, 2.24) is 0 Å². The lowest BCUT2D eigenvalue weighted by atomic mass is 9.98. The van der Waals surface area contributed by atoms with Crippen LogP contribution >= 0.6 is 7.82 Å². The van der Waals surface area contributed by atoms with Crippen LogP contribution in [0.5, 0.6) is 0 Å². The van der Waals surface area contributed by atoms with Crippen LogP contribution in [0.3, 0.4) is 0 Å². The summed E-state index contributed by atoms with van der Waals surface area (Å²) in [6, 6.07) is 0. The predicted molar refractivity (Wildman–Crippen MR) is 96.1 cm³/mol. The van der Waals surface area contributed by atoms with Gasteiger partial charge in [-0.2, -0.15) is 0 Å². The molecule has 2 aliphatic rings.